The van der Waals surface area contributed by atoms with Crippen LogP contribution in [-0.4, -0.2) is 71.3 Å². The third-order valence-corrected chi connectivity index (χ3v) is 3.64. The predicted molar refractivity (Wildman–Crippen MR) is 100 cm³/mol. The van der Waals surface area contributed by atoms with Crippen molar-refractivity contribution in [3.05, 3.63) is 0 Å². The molecule has 2 aliphatic rings. The van der Waals surface area contributed by atoms with Crippen LogP contribution >= 0.6 is 24.8 Å². The summed E-state index contributed by atoms with van der Waals surface area (Å²) in [6, 6.07) is 0. The van der Waals surface area contributed by atoms with Gasteiger partial charge >= 0.3 is 0 Å². The Hall–Kier alpha value is -0.960. The molecule has 2 atom stereocenters. The van der Waals surface area contributed by atoms with E-state index in [1.807, 2.05) is 27.7 Å². The molecule has 0 amide bonds. The van der Waals surface area contributed by atoms with Crippen LogP contribution in [0.2, 0.25) is 0 Å². The van der Waals surface area contributed by atoms with E-state index >= 15 is 0 Å². The number of azo groups is 1. The molecule has 24 heavy (non-hydrogen) atoms. The number of nitrogens with zero attached hydrogens (tertiary/aromatic N) is 4. The second-order valence-corrected chi connectivity index (χ2v) is 6.77. The number of halogens is 2. The first-order chi connectivity index (χ1) is 10.2. The lowest BCUT2D eigenvalue weighted by molar-refractivity contribution is 0.179. The van der Waals surface area contributed by atoms with Gasteiger partial charge in [-0.15, -0.1) is 24.8 Å². The molecular weight excluding hydrogens is 355 g/mol. The van der Waals surface area contributed by atoms with Gasteiger partial charge in [0.1, 0.15) is 22.7 Å². The summed E-state index contributed by atoms with van der Waals surface area (Å²) in [7, 11) is 0. The van der Waals surface area contributed by atoms with Gasteiger partial charge in [0.25, 0.3) is 0 Å². The van der Waals surface area contributed by atoms with E-state index in [9.17, 15) is 10.2 Å². The Labute approximate surface area is 155 Å². The van der Waals surface area contributed by atoms with Crippen LogP contribution in [-0.2, 0) is 0 Å². The molecule has 0 aromatic carbocycles. The van der Waals surface area contributed by atoms with Crippen molar-refractivity contribution in [3.8, 4) is 0 Å². The zero-order valence-corrected chi connectivity index (χ0v) is 16.1. The van der Waals surface area contributed by atoms with E-state index in [1.54, 1.807) is 0 Å². The summed E-state index contributed by atoms with van der Waals surface area (Å²) in [4.78, 5) is 8.66. The SMILES string of the molecule is CC(C)(/N=N/C(C)(C)C1=NCC(O)CN1)C1=NCC(O)CN1.Cl.Cl. The number of amidine groups is 2. The molecule has 0 spiro atoms. The number of nitrogens with one attached hydrogen (secondary N) is 2. The van der Waals surface area contributed by atoms with Crippen LogP contribution in [0.4, 0.5) is 0 Å². The average Bonchev–Trinajstić information content (AvgIpc) is 2.46. The number of rotatable bonds is 4. The second kappa shape index (κ2) is 8.94. The summed E-state index contributed by atoms with van der Waals surface area (Å²) in [5, 5.41) is 34.0. The maximum atomic E-state index is 9.48. The Morgan fingerprint density at radius 1 is 0.833 bits per heavy atom. The largest absolute Gasteiger partial charge is 0.389 e. The van der Waals surface area contributed by atoms with Crippen LogP contribution in [0, 0.1) is 0 Å². The lowest BCUT2D eigenvalue weighted by Gasteiger charge is -2.30. The molecule has 0 saturated heterocycles. The number of β-amino-alcohol motifs (C(OH)–C–C–N with tert-alkyl or cyclic N) is 2. The first-order valence-corrected chi connectivity index (χ1v) is 7.58. The smallest absolute Gasteiger partial charge is 0.133 e. The summed E-state index contributed by atoms with van der Waals surface area (Å²) < 4.78 is 0. The minimum atomic E-state index is -0.591. The summed E-state index contributed by atoms with van der Waals surface area (Å²) in [6.07, 6.45) is -0.889. The highest BCUT2D eigenvalue weighted by atomic mass is 35.5. The van der Waals surface area contributed by atoms with Gasteiger partial charge in [-0.1, -0.05) is 0 Å². The molecule has 0 saturated carbocycles. The van der Waals surface area contributed by atoms with Gasteiger partial charge in [0, 0.05) is 13.1 Å². The van der Waals surface area contributed by atoms with E-state index in [2.05, 4.69) is 30.8 Å². The molecular formula is C14H28Cl2N6O2. The minimum Gasteiger partial charge on any atom is -0.389 e. The zero-order chi connectivity index (χ0) is 16.4. The van der Waals surface area contributed by atoms with Crippen LogP contribution in [0.15, 0.2) is 20.2 Å². The Morgan fingerprint density at radius 2 is 1.17 bits per heavy atom. The fraction of sp³-hybridized carbons (Fsp3) is 0.857. The average molecular weight is 383 g/mol. The molecule has 0 bridgehead atoms. The molecule has 10 heteroatoms. The van der Waals surface area contributed by atoms with Crippen molar-refractivity contribution in [2.45, 2.75) is 51.0 Å². The molecule has 0 radical (unpaired) electrons. The normalized spacial score (nSPS) is 24.8. The van der Waals surface area contributed by atoms with Gasteiger partial charge in [-0.05, 0) is 27.7 Å². The Kier molecular flexibility index (Phi) is 8.58. The molecule has 2 heterocycles. The molecule has 140 valence electrons. The first kappa shape index (κ1) is 23.0. The van der Waals surface area contributed by atoms with Crippen molar-refractivity contribution in [1.29, 1.82) is 0 Å². The standard InChI is InChI=1S/C14H26N6O2.2ClH/c1-13(2,11-15-5-9(21)6-16-11)19-20-14(3,4)12-17-7-10(22)8-18-12;;/h9-10,21-22H,5-8H2,1-4H3,(H,15,16)(H,17,18);2*1H/b20-19+;;. The highest BCUT2D eigenvalue weighted by molar-refractivity contribution is 5.92. The van der Waals surface area contributed by atoms with E-state index in [4.69, 9.17) is 0 Å². The third kappa shape index (κ3) is 5.84. The lowest BCUT2D eigenvalue weighted by Crippen LogP contribution is -2.50. The number of hydrogen-bond donors (Lipinski definition) is 4. The van der Waals surface area contributed by atoms with Crippen LogP contribution < -0.4 is 10.6 Å². The van der Waals surface area contributed by atoms with Crippen LogP contribution in [0.1, 0.15) is 27.7 Å². The fourth-order valence-corrected chi connectivity index (χ4v) is 2.23. The first-order valence-electron chi connectivity index (χ1n) is 7.58. The maximum absolute atomic E-state index is 9.48. The molecule has 2 unspecified atom stereocenters. The van der Waals surface area contributed by atoms with Crippen molar-refractivity contribution in [1.82, 2.24) is 10.6 Å². The highest BCUT2D eigenvalue weighted by Gasteiger charge is 2.32. The van der Waals surface area contributed by atoms with Gasteiger partial charge in [0.05, 0.1) is 25.3 Å². The Morgan fingerprint density at radius 3 is 1.42 bits per heavy atom. The number of aliphatic hydroxyl groups excluding tert-OH is 2. The van der Waals surface area contributed by atoms with Gasteiger partial charge in [-0.3, -0.25) is 9.98 Å². The summed E-state index contributed by atoms with van der Waals surface area (Å²) >= 11 is 0. The molecule has 8 nitrogen and oxygen atoms in total. The molecule has 2 aliphatic heterocycles. The monoisotopic (exact) mass is 382 g/mol. The third-order valence-electron chi connectivity index (χ3n) is 3.64. The van der Waals surface area contributed by atoms with E-state index in [1.165, 1.54) is 0 Å². The quantitative estimate of drug-likeness (QED) is 0.531. The fourth-order valence-electron chi connectivity index (χ4n) is 2.23. The topological polar surface area (TPSA) is 114 Å². The van der Waals surface area contributed by atoms with E-state index in [-0.39, 0.29) is 24.8 Å². The number of aliphatic hydroxyl groups is 2. The maximum Gasteiger partial charge on any atom is 0.133 e. The molecule has 0 aliphatic carbocycles. The molecule has 4 N–H and O–H groups in total. The van der Waals surface area contributed by atoms with Crippen molar-refractivity contribution in [3.63, 3.8) is 0 Å². The number of aliphatic imine (C=N–C) groups is 2. The van der Waals surface area contributed by atoms with Crippen molar-refractivity contribution >= 4 is 36.5 Å². The van der Waals surface area contributed by atoms with Crippen LogP contribution in [0.25, 0.3) is 0 Å². The molecule has 2 rings (SSSR count). The molecule has 0 aromatic rings. The van der Waals surface area contributed by atoms with Crippen molar-refractivity contribution in [2.75, 3.05) is 26.2 Å². The van der Waals surface area contributed by atoms with Gasteiger partial charge in [0.2, 0.25) is 0 Å². The van der Waals surface area contributed by atoms with Gasteiger partial charge in [0.15, 0.2) is 0 Å². The Balaban J connectivity index is 0.00000264. The summed E-state index contributed by atoms with van der Waals surface area (Å²) in [6.45, 7) is 9.44. The van der Waals surface area contributed by atoms with Gasteiger partial charge in [-0.25, -0.2) is 0 Å². The van der Waals surface area contributed by atoms with E-state index in [0.717, 1.165) is 11.7 Å². The van der Waals surface area contributed by atoms with Crippen LogP contribution in [0.5, 0.6) is 0 Å². The van der Waals surface area contributed by atoms with Crippen molar-refractivity contribution < 1.29 is 10.2 Å². The molecule has 0 aromatic heterocycles. The highest BCUT2D eigenvalue weighted by Crippen LogP contribution is 2.19. The van der Waals surface area contributed by atoms with E-state index in [0.29, 0.717) is 26.2 Å². The second-order valence-electron chi connectivity index (χ2n) is 6.77. The Bertz CT molecular complexity index is 463. The van der Waals surface area contributed by atoms with Crippen LogP contribution in [0.3, 0.4) is 0 Å². The summed E-state index contributed by atoms with van der Waals surface area (Å²) in [5.41, 5.74) is -1.18. The van der Waals surface area contributed by atoms with Crippen molar-refractivity contribution in [2.24, 2.45) is 20.2 Å². The summed E-state index contributed by atoms with van der Waals surface area (Å²) in [5.74, 6) is 1.46. The predicted octanol–water partition coefficient (Wildman–Crippen LogP) is 0.565. The molecule has 0 fully saturated rings. The van der Waals surface area contributed by atoms with E-state index < -0.39 is 23.3 Å². The number of hydrogen-bond acceptors (Lipinski definition) is 8. The minimum absolute atomic E-state index is 0. The van der Waals surface area contributed by atoms with Gasteiger partial charge in [-0.2, -0.15) is 10.2 Å². The van der Waals surface area contributed by atoms with Gasteiger partial charge < -0.3 is 20.8 Å². The lowest BCUT2D eigenvalue weighted by atomic mass is 10.0. The zero-order valence-electron chi connectivity index (χ0n) is 14.5.